The maximum atomic E-state index is 8.63. The Bertz CT molecular complexity index is 102. The lowest BCUT2D eigenvalue weighted by atomic mass is 10.0. The van der Waals surface area contributed by atoms with Crippen molar-refractivity contribution in [3.05, 3.63) is 0 Å². The first kappa shape index (κ1) is 8.97. The molecule has 0 aromatic rings. The molecule has 0 spiro atoms. The van der Waals surface area contributed by atoms with Gasteiger partial charge in [-0.15, -0.1) is 0 Å². The van der Waals surface area contributed by atoms with Crippen molar-refractivity contribution in [1.29, 1.82) is 0 Å². The second-order valence-electron chi connectivity index (χ2n) is 3.08. The van der Waals surface area contributed by atoms with Crippen LogP contribution in [0.2, 0.25) is 0 Å². The van der Waals surface area contributed by atoms with Gasteiger partial charge in [0, 0.05) is 19.3 Å². The summed E-state index contributed by atoms with van der Waals surface area (Å²) in [5.74, 6) is 0. The van der Waals surface area contributed by atoms with Gasteiger partial charge in [0.1, 0.15) is 0 Å². The van der Waals surface area contributed by atoms with Crippen LogP contribution in [0.25, 0.3) is 0 Å². The van der Waals surface area contributed by atoms with Gasteiger partial charge in [-0.1, -0.05) is 0 Å². The fourth-order valence-electron chi connectivity index (χ4n) is 1.44. The van der Waals surface area contributed by atoms with E-state index in [0.717, 1.165) is 19.4 Å². The number of nitrogens with two attached hydrogens (primary N) is 1. The standard InChI is InChI=1S/C8H17NO2/c9-7(4-5-10)8-3-1-2-6-11-8/h7-8,10H,1-6,9H2. The van der Waals surface area contributed by atoms with E-state index in [0.29, 0.717) is 6.42 Å². The van der Waals surface area contributed by atoms with Crippen LogP contribution in [0.1, 0.15) is 25.7 Å². The van der Waals surface area contributed by atoms with Crippen LogP contribution in [0.4, 0.5) is 0 Å². The Morgan fingerprint density at radius 3 is 2.91 bits per heavy atom. The molecule has 2 unspecified atom stereocenters. The molecule has 0 aromatic heterocycles. The van der Waals surface area contributed by atoms with Crippen LogP contribution >= 0.6 is 0 Å². The first-order valence-corrected chi connectivity index (χ1v) is 4.32. The van der Waals surface area contributed by atoms with Crippen molar-refractivity contribution in [3.63, 3.8) is 0 Å². The second kappa shape index (κ2) is 4.70. The van der Waals surface area contributed by atoms with Crippen LogP contribution in [0.5, 0.6) is 0 Å². The maximum Gasteiger partial charge on any atom is 0.0726 e. The highest BCUT2D eigenvalue weighted by Crippen LogP contribution is 2.15. The van der Waals surface area contributed by atoms with E-state index in [9.17, 15) is 0 Å². The summed E-state index contributed by atoms with van der Waals surface area (Å²) in [7, 11) is 0. The van der Waals surface area contributed by atoms with Crippen molar-refractivity contribution in [1.82, 2.24) is 0 Å². The Kier molecular flexibility index (Phi) is 3.83. The summed E-state index contributed by atoms with van der Waals surface area (Å²) in [5.41, 5.74) is 5.77. The molecule has 1 aliphatic heterocycles. The van der Waals surface area contributed by atoms with Gasteiger partial charge in [-0.05, 0) is 25.7 Å². The van der Waals surface area contributed by atoms with Gasteiger partial charge in [-0.2, -0.15) is 0 Å². The van der Waals surface area contributed by atoms with Crippen LogP contribution in [-0.2, 0) is 4.74 Å². The van der Waals surface area contributed by atoms with Crippen molar-refractivity contribution in [2.45, 2.75) is 37.8 Å². The van der Waals surface area contributed by atoms with Crippen molar-refractivity contribution >= 4 is 0 Å². The second-order valence-corrected chi connectivity index (χ2v) is 3.08. The minimum absolute atomic E-state index is 0.0281. The smallest absolute Gasteiger partial charge is 0.0726 e. The van der Waals surface area contributed by atoms with Gasteiger partial charge in [-0.3, -0.25) is 0 Å². The largest absolute Gasteiger partial charge is 0.396 e. The minimum Gasteiger partial charge on any atom is -0.396 e. The summed E-state index contributed by atoms with van der Waals surface area (Å²) in [4.78, 5) is 0. The lowest BCUT2D eigenvalue weighted by molar-refractivity contribution is -0.00382. The number of rotatable bonds is 3. The molecule has 0 aromatic carbocycles. The van der Waals surface area contributed by atoms with Gasteiger partial charge >= 0.3 is 0 Å². The first-order chi connectivity index (χ1) is 5.34. The fourth-order valence-corrected chi connectivity index (χ4v) is 1.44. The monoisotopic (exact) mass is 159 g/mol. The van der Waals surface area contributed by atoms with Gasteiger partial charge in [0.15, 0.2) is 0 Å². The van der Waals surface area contributed by atoms with Crippen LogP contribution in [0.3, 0.4) is 0 Å². The average Bonchev–Trinajstić information content (AvgIpc) is 2.07. The SMILES string of the molecule is NC(CCO)C1CCCCO1. The zero-order chi connectivity index (χ0) is 8.10. The molecule has 3 heteroatoms. The normalized spacial score (nSPS) is 28.4. The molecule has 1 heterocycles. The van der Waals surface area contributed by atoms with Crippen LogP contribution < -0.4 is 5.73 Å². The molecule has 66 valence electrons. The molecule has 1 fully saturated rings. The third kappa shape index (κ3) is 2.77. The van der Waals surface area contributed by atoms with Crippen molar-refractivity contribution in [2.75, 3.05) is 13.2 Å². The zero-order valence-corrected chi connectivity index (χ0v) is 6.83. The summed E-state index contributed by atoms with van der Waals surface area (Å²) in [6.45, 7) is 1.00. The Morgan fingerprint density at radius 1 is 1.55 bits per heavy atom. The zero-order valence-electron chi connectivity index (χ0n) is 6.83. The summed E-state index contributed by atoms with van der Waals surface area (Å²) >= 11 is 0. The predicted molar refractivity (Wildman–Crippen MR) is 43.3 cm³/mol. The minimum atomic E-state index is 0.0281. The highest BCUT2D eigenvalue weighted by molar-refractivity contribution is 4.75. The molecule has 11 heavy (non-hydrogen) atoms. The van der Waals surface area contributed by atoms with E-state index < -0.39 is 0 Å². The molecule has 1 rings (SSSR count). The molecule has 0 amide bonds. The van der Waals surface area contributed by atoms with Crippen LogP contribution in [-0.4, -0.2) is 30.5 Å². The molecular weight excluding hydrogens is 142 g/mol. The third-order valence-corrected chi connectivity index (χ3v) is 2.15. The highest BCUT2D eigenvalue weighted by atomic mass is 16.5. The van der Waals surface area contributed by atoms with Gasteiger partial charge in [-0.25, -0.2) is 0 Å². The van der Waals surface area contributed by atoms with Gasteiger partial charge in [0.25, 0.3) is 0 Å². The summed E-state index contributed by atoms with van der Waals surface area (Å²) in [5, 5.41) is 8.63. The Morgan fingerprint density at radius 2 is 2.36 bits per heavy atom. The molecule has 1 aliphatic rings. The molecular formula is C8H17NO2. The number of aliphatic hydroxyl groups is 1. The van der Waals surface area contributed by atoms with Gasteiger partial charge < -0.3 is 15.6 Å². The third-order valence-electron chi connectivity index (χ3n) is 2.15. The van der Waals surface area contributed by atoms with Crippen LogP contribution in [0.15, 0.2) is 0 Å². The summed E-state index contributed by atoms with van der Waals surface area (Å²) in [6, 6.07) is 0.0281. The highest BCUT2D eigenvalue weighted by Gasteiger charge is 2.20. The molecule has 2 atom stereocenters. The molecule has 0 saturated carbocycles. The van der Waals surface area contributed by atoms with E-state index in [1.807, 2.05) is 0 Å². The Labute approximate surface area is 67.5 Å². The fraction of sp³-hybridized carbons (Fsp3) is 1.00. The summed E-state index contributed by atoms with van der Waals surface area (Å²) in [6.07, 6.45) is 4.27. The maximum absolute atomic E-state index is 8.63. The molecule has 0 aliphatic carbocycles. The average molecular weight is 159 g/mol. The number of aliphatic hydroxyl groups excluding tert-OH is 1. The Balaban J connectivity index is 2.21. The van der Waals surface area contributed by atoms with Gasteiger partial charge in [0.2, 0.25) is 0 Å². The topological polar surface area (TPSA) is 55.5 Å². The van der Waals surface area contributed by atoms with E-state index in [1.54, 1.807) is 0 Å². The lowest BCUT2D eigenvalue weighted by Gasteiger charge is -2.27. The molecule has 0 radical (unpaired) electrons. The van der Waals surface area contributed by atoms with Crippen molar-refractivity contribution < 1.29 is 9.84 Å². The van der Waals surface area contributed by atoms with E-state index in [2.05, 4.69) is 0 Å². The number of hydrogen-bond donors (Lipinski definition) is 2. The van der Waals surface area contributed by atoms with E-state index in [4.69, 9.17) is 15.6 Å². The Hall–Kier alpha value is -0.120. The van der Waals surface area contributed by atoms with Crippen LogP contribution in [0, 0.1) is 0 Å². The predicted octanol–water partition coefficient (Wildman–Crippen LogP) is 0.265. The van der Waals surface area contributed by atoms with Gasteiger partial charge in [0.05, 0.1) is 6.10 Å². The number of hydrogen-bond acceptors (Lipinski definition) is 3. The van der Waals surface area contributed by atoms with Crippen molar-refractivity contribution in [2.24, 2.45) is 5.73 Å². The van der Waals surface area contributed by atoms with E-state index >= 15 is 0 Å². The van der Waals surface area contributed by atoms with E-state index in [1.165, 1.54) is 6.42 Å². The lowest BCUT2D eigenvalue weighted by Crippen LogP contribution is -2.39. The van der Waals surface area contributed by atoms with E-state index in [-0.39, 0.29) is 18.8 Å². The number of ether oxygens (including phenoxy) is 1. The summed E-state index contributed by atoms with van der Waals surface area (Å²) < 4.78 is 5.46. The molecule has 3 N–H and O–H groups in total. The first-order valence-electron chi connectivity index (χ1n) is 4.32. The quantitative estimate of drug-likeness (QED) is 0.621. The molecule has 0 bridgehead atoms. The molecule has 3 nitrogen and oxygen atoms in total. The van der Waals surface area contributed by atoms with Crippen molar-refractivity contribution in [3.8, 4) is 0 Å². The molecule has 1 saturated heterocycles.